The lowest BCUT2D eigenvalue weighted by molar-refractivity contribution is 0.0850. The molecular formula is C21H27N3O4S. The average Bonchev–Trinajstić information content (AvgIpc) is 2.73. The van der Waals surface area contributed by atoms with E-state index in [0.717, 1.165) is 24.9 Å². The Hall–Kier alpha value is -2.16. The molecule has 1 aromatic carbocycles. The molecule has 7 nitrogen and oxygen atoms in total. The first-order valence-electron chi connectivity index (χ1n) is 9.89. The van der Waals surface area contributed by atoms with Crippen molar-refractivity contribution in [2.24, 2.45) is 0 Å². The van der Waals surface area contributed by atoms with Gasteiger partial charge in [-0.3, -0.25) is 4.90 Å². The van der Waals surface area contributed by atoms with Crippen LogP contribution in [0.25, 0.3) is 0 Å². The van der Waals surface area contributed by atoms with Crippen molar-refractivity contribution in [1.29, 1.82) is 0 Å². The Morgan fingerprint density at radius 1 is 1.17 bits per heavy atom. The molecule has 0 unspecified atom stereocenters. The summed E-state index contributed by atoms with van der Waals surface area (Å²) >= 11 is 0. The summed E-state index contributed by atoms with van der Waals surface area (Å²) in [6.45, 7) is 2.50. The summed E-state index contributed by atoms with van der Waals surface area (Å²) in [6, 6.07) is 12.5. The second kappa shape index (κ2) is 8.30. The molecule has 0 aliphatic carbocycles. The Balaban J connectivity index is 1.33. The Labute approximate surface area is 172 Å². The molecule has 2 aromatic rings. The zero-order valence-electron chi connectivity index (χ0n) is 16.8. The van der Waals surface area contributed by atoms with E-state index in [-0.39, 0.29) is 6.10 Å². The first-order valence-corrected chi connectivity index (χ1v) is 11.7. The summed E-state index contributed by atoms with van der Waals surface area (Å²) in [4.78, 5) is 6.54. The molecule has 2 aliphatic rings. The van der Waals surface area contributed by atoms with Crippen molar-refractivity contribution in [2.75, 3.05) is 33.0 Å². The largest absolute Gasteiger partial charge is 0.484 e. The fourth-order valence-corrected chi connectivity index (χ4v) is 4.82. The number of piperidine rings is 1. The smallest absolute Gasteiger partial charge is 0.257 e. The zero-order valence-corrected chi connectivity index (χ0v) is 17.6. The monoisotopic (exact) mass is 417 g/mol. The van der Waals surface area contributed by atoms with E-state index < -0.39 is 10.0 Å². The second-order valence-corrected chi connectivity index (χ2v) is 9.76. The maximum atomic E-state index is 11.7. The molecule has 1 fully saturated rings. The van der Waals surface area contributed by atoms with Gasteiger partial charge in [0.25, 0.3) is 5.88 Å². The molecule has 0 N–H and O–H groups in total. The Morgan fingerprint density at radius 2 is 1.90 bits per heavy atom. The Bertz CT molecular complexity index is 941. The van der Waals surface area contributed by atoms with E-state index >= 15 is 0 Å². The molecule has 8 heteroatoms. The van der Waals surface area contributed by atoms with Gasteiger partial charge in [-0.25, -0.2) is 17.7 Å². The van der Waals surface area contributed by atoms with Crippen LogP contribution in [0.15, 0.2) is 42.6 Å². The number of nitrogens with zero attached hydrogens (tertiary/aromatic N) is 3. The van der Waals surface area contributed by atoms with E-state index in [0.29, 0.717) is 37.4 Å². The molecule has 156 valence electrons. The maximum absolute atomic E-state index is 11.7. The first-order chi connectivity index (χ1) is 13.9. The lowest BCUT2D eigenvalue weighted by atomic mass is 10.0. The average molecular weight is 418 g/mol. The number of rotatable bonds is 5. The van der Waals surface area contributed by atoms with Gasteiger partial charge in [-0.1, -0.05) is 24.3 Å². The van der Waals surface area contributed by atoms with Gasteiger partial charge in [-0.05, 0) is 43.1 Å². The van der Waals surface area contributed by atoms with Gasteiger partial charge in [0.1, 0.15) is 6.61 Å². The lowest BCUT2D eigenvalue weighted by Gasteiger charge is -2.35. The fourth-order valence-electron chi connectivity index (χ4n) is 3.94. The van der Waals surface area contributed by atoms with Gasteiger partial charge in [-0.2, -0.15) is 0 Å². The topological polar surface area (TPSA) is 72.0 Å². The summed E-state index contributed by atoms with van der Waals surface area (Å²) in [7, 11) is -0.973. The number of ether oxygens (including phenoxy) is 2. The minimum Gasteiger partial charge on any atom is -0.484 e. The van der Waals surface area contributed by atoms with E-state index in [2.05, 4.69) is 41.2 Å². The van der Waals surface area contributed by atoms with E-state index in [4.69, 9.17) is 9.47 Å². The van der Waals surface area contributed by atoms with Gasteiger partial charge in [0.2, 0.25) is 10.0 Å². The Morgan fingerprint density at radius 3 is 2.59 bits per heavy atom. The molecule has 1 saturated heterocycles. The summed E-state index contributed by atoms with van der Waals surface area (Å²) in [5, 5.41) is 0. The highest BCUT2D eigenvalue weighted by Gasteiger charge is 2.27. The van der Waals surface area contributed by atoms with Crippen molar-refractivity contribution in [2.45, 2.75) is 31.5 Å². The highest BCUT2D eigenvalue weighted by atomic mass is 32.2. The molecule has 2 aliphatic heterocycles. The molecule has 0 radical (unpaired) electrons. The molecule has 29 heavy (non-hydrogen) atoms. The molecule has 1 aromatic heterocycles. The third-order valence-corrected chi connectivity index (χ3v) is 6.98. The van der Waals surface area contributed by atoms with Crippen molar-refractivity contribution in [3.05, 3.63) is 53.7 Å². The standard InChI is InChI=1S/C21H27N3O4S/c1-23(18-9-12-24(13-10-18)29(2,25)26)14-16-5-7-17(8-6-16)20-15-27-19-4-3-11-22-21(19)28-20/h3-8,11,18,20H,9-10,12-15H2,1-2H3/t20-/m1/s1. The molecule has 3 heterocycles. The molecule has 1 atom stereocenters. The summed E-state index contributed by atoms with van der Waals surface area (Å²) in [6.07, 6.45) is 4.55. The maximum Gasteiger partial charge on any atom is 0.257 e. The van der Waals surface area contributed by atoms with Crippen molar-refractivity contribution < 1.29 is 17.9 Å². The van der Waals surface area contributed by atoms with Crippen LogP contribution >= 0.6 is 0 Å². The van der Waals surface area contributed by atoms with Crippen molar-refractivity contribution >= 4 is 10.0 Å². The number of pyridine rings is 1. The predicted molar refractivity (Wildman–Crippen MR) is 110 cm³/mol. The minimum atomic E-state index is -3.08. The highest BCUT2D eigenvalue weighted by Crippen LogP contribution is 2.34. The van der Waals surface area contributed by atoms with Crippen LogP contribution in [0.2, 0.25) is 0 Å². The van der Waals surface area contributed by atoms with Crippen LogP contribution in [0.5, 0.6) is 11.6 Å². The van der Waals surface area contributed by atoms with Crippen LogP contribution in [-0.4, -0.2) is 61.6 Å². The highest BCUT2D eigenvalue weighted by molar-refractivity contribution is 7.88. The van der Waals surface area contributed by atoms with Gasteiger partial charge in [0.15, 0.2) is 11.9 Å². The third kappa shape index (κ3) is 4.71. The lowest BCUT2D eigenvalue weighted by Crippen LogP contribution is -2.44. The van der Waals surface area contributed by atoms with Gasteiger partial charge < -0.3 is 9.47 Å². The quantitative estimate of drug-likeness (QED) is 0.744. The third-order valence-electron chi connectivity index (χ3n) is 5.68. The number of sulfonamides is 1. The van der Waals surface area contributed by atoms with E-state index in [1.54, 1.807) is 10.5 Å². The molecule has 4 rings (SSSR count). The van der Waals surface area contributed by atoms with Crippen molar-refractivity contribution in [3.63, 3.8) is 0 Å². The van der Waals surface area contributed by atoms with E-state index in [1.807, 2.05) is 12.1 Å². The van der Waals surface area contributed by atoms with Crippen LogP contribution in [0.3, 0.4) is 0 Å². The second-order valence-electron chi connectivity index (χ2n) is 7.77. The number of benzene rings is 1. The number of hydrogen-bond donors (Lipinski definition) is 0. The van der Waals surface area contributed by atoms with Crippen LogP contribution in [0, 0.1) is 0 Å². The van der Waals surface area contributed by atoms with Crippen LogP contribution < -0.4 is 9.47 Å². The summed E-state index contributed by atoms with van der Waals surface area (Å²) < 4.78 is 36.6. The van der Waals surface area contributed by atoms with Gasteiger partial charge in [-0.15, -0.1) is 0 Å². The predicted octanol–water partition coefficient (Wildman–Crippen LogP) is 2.45. The van der Waals surface area contributed by atoms with E-state index in [1.165, 1.54) is 11.8 Å². The summed E-state index contributed by atoms with van der Waals surface area (Å²) in [5.74, 6) is 1.22. The molecule has 0 bridgehead atoms. The fraction of sp³-hybridized carbons (Fsp3) is 0.476. The number of aromatic nitrogens is 1. The molecule has 0 spiro atoms. The minimum absolute atomic E-state index is 0.163. The first kappa shape index (κ1) is 20.1. The van der Waals surface area contributed by atoms with Crippen molar-refractivity contribution in [1.82, 2.24) is 14.2 Å². The van der Waals surface area contributed by atoms with Gasteiger partial charge in [0, 0.05) is 31.9 Å². The SMILES string of the molecule is CN(Cc1ccc([C@H]2COc3cccnc3O2)cc1)C1CCN(S(C)(=O)=O)CC1. The van der Waals surface area contributed by atoms with Crippen LogP contribution in [0.1, 0.15) is 30.1 Å². The zero-order chi connectivity index (χ0) is 20.4. The van der Waals surface area contributed by atoms with Gasteiger partial charge >= 0.3 is 0 Å². The van der Waals surface area contributed by atoms with Crippen molar-refractivity contribution in [3.8, 4) is 11.6 Å². The number of fused-ring (bicyclic) bond motifs is 1. The summed E-state index contributed by atoms with van der Waals surface area (Å²) in [5.41, 5.74) is 2.28. The van der Waals surface area contributed by atoms with Crippen LogP contribution in [0.4, 0.5) is 0 Å². The molecule has 0 saturated carbocycles. The normalized spacial score (nSPS) is 20.7. The van der Waals surface area contributed by atoms with Crippen LogP contribution in [-0.2, 0) is 16.6 Å². The van der Waals surface area contributed by atoms with Gasteiger partial charge in [0.05, 0.1) is 6.26 Å². The Kier molecular flexibility index (Phi) is 5.76. The molecular weight excluding hydrogens is 390 g/mol. The van der Waals surface area contributed by atoms with E-state index in [9.17, 15) is 8.42 Å². The molecule has 0 amide bonds. The number of hydrogen-bond acceptors (Lipinski definition) is 6.